The Morgan fingerprint density at radius 1 is 1.32 bits per heavy atom. The van der Waals surface area contributed by atoms with Crippen molar-refractivity contribution in [2.24, 2.45) is 0 Å². The van der Waals surface area contributed by atoms with Crippen molar-refractivity contribution < 1.29 is 8.42 Å². The molecule has 1 aromatic rings. The molecule has 1 aliphatic rings. The Kier molecular flexibility index (Phi) is 3.95. The Hall–Kier alpha value is -0.590. The van der Waals surface area contributed by atoms with Crippen LogP contribution in [0, 0.1) is 6.92 Å². The lowest BCUT2D eigenvalue weighted by molar-refractivity contribution is 0.427. The smallest absolute Gasteiger partial charge is 0.241 e. The van der Waals surface area contributed by atoms with Gasteiger partial charge in [0.15, 0.2) is 0 Å². The number of halogens is 1. The van der Waals surface area contributed by atoms with Gasteiger partial charge in [-0.3, -0.25) is 0 Å². The maximum Gasteiger partial charge on any atom is 0.241 e. The SMILES string of the molecule is Cc1cc(Br)c(N)cc1S(=O)(=O)NC1(C)CCCC1. The molecule has 1 aromatic carbocycles. The number of benzene rings is 1. The maximum absolute atomic E-state index is 12.5. The lowest BCUT2D eigenvalue weighted by atomic mass is 10.0. The Bertz CT molecular complexity index is 593. The Labute approximate surface area is 122 Å². The van der Waals surface area contributed by atoms with Crippen LogP contribution in [0.3, 0.4) is 0 Å². The van der Waals surface area contributed by atoms with Crippen LogP contribution in [-0.2, 0) is 10.0 Å². The van der Waals surface area contributed by atoms with E-state index in [2.05, 4.69) is 20.7 Å². The molecule has 0 radical (unpaired) electrons. The molecule has 19 heavy (non-hydrogen) atoms. The number of anilines is 1. The summed E-state index contributed by atoms with van der Waals surface area (Å²) in [4.78, 5) is 0.265. The molecule has 0 aromatic heterocycles. The Balaban J connectivity index is 2.37. The second kappa shape index (κ2) is 5.07. The topological polar surface area (TPSA) is 72.2 Å². The van der Waals surface area contributed by atoms with Gasteiger partial charge in [-0.2, -0.15) is 0 Å². The fraction of sp³-hybridized carbons (Fsp3) is 0.538. The van der Waals surface area contributed by atoms with Crippen molar-refractivity contribution in [2.75, 3.05) is 5.73 Å². The van der Waals surface area contributed by atoms with Gasteiger partial charge in [0, 0.05) is 15.7 Å². The van der Waals surface area contributed by atoms with Crippen molar-refractivity contribution in [1.29, 1.82) is 0 Å². The minimum absolute atomic E-state index is 0.265. The predicted molar refractivity (Wildman–Crippen MR) is 80.5 cm³/mol. The van der Waals surface area contributed by atoms with Crippen LogP contribution < -0.4 is 10.5 Å². The standard InChI is InChI=1S/C13H19BrN2O2S/c1-9-7-10(14)11(15)8-12(9)19(17,18)16-13(2)5-3-4-6-13/h7-8,16H,3-6,15H2,1-2H3. The van der Waals surface area contributed by atoms with Crippen molar-refractivity contribution in [3.05, 3.63) is 22.2 Å². The highest BCUT2D eigenvalue weighted by atomic mass is 79.9. The normalized spacial score (nSPS) is 18.7. The summed E-state index contributed by atoms with van der Waals surface area (Å²) in [6, 6.07) is 3.25. The molecule has 4 nitrogen and oxygen atoms in total. The highest BCUT2D eigenvalue weighted by Gasteiger charge is 2.34. The second-order valence-corrected chi connectivity index (χ2v) is 8.02. The third kappa shape index (κ3) is 3.12. The summed E-state index contributed by atoms with van der Waals surface area (Å²) in [5.74, 6) is 0. The zero-order valence-corrected chi connectivity index (χ0v) is 13.6. The molecular formula is C13H19BrN2O2S. The molecule has 0 atom stereocenters. The largest absolute Gasteiger partial charge is 0.398 e. The van der Waals surface area contributed by atoms with Crippen LogP contribution in [0.2, 0.25) is 0 Å². The number of hydrogen-bond acceptors (Lipinski definition) is 3. The molecule has 0 aliphatic heterocycles. The number of sulfonamides is 1. The van der Waals surface area contributed by atoms with Crippen LogP contribution >= 0.6 is 15.9 Å². The lowest BCUT2D eigenvalue weighted by Gasteiger charge is -2.25. The van der Waals surface area contributed by atoms with E-state index >= 15 is 0 Å². The van der Waals surface area contributed by atoms with Crippen LogP contribution in [0.1, 0.15) is 38.2 Å². The molecule has 1 fully saturated rings. The van der Waals surface area contributed by atoms with Crippen molar-refractivity contribution in [3.8, 4) is 0 Å². The summed E-state index contributed by atoms with van der Waals surface area (Å²) >= 11 is 3.31. The van der Waals surface area contributed by atoms with Crippen molar-refractivity contribution >= 4 is 31.6 Å². The van der Waals surface area contributed by atoms with Crippen LogP contribution in [0.5, 0.6) is 0 Å². The molecule has 3 N–H and O–H groups in total. The van der Waals surface area contributed by atoms with Gasteiger partial charge in [0.25, 0.3) is 0 Å². The van der Waals surface area contributed by atoms with Gasteiger partial charge in [0.2, 0.25) is 10.0 Å². The summed E-state index contributed by atoms with van der Waals surface area (Å²) in [7, 11) is -3.52. The average molecular weight is 347 g/mol. The van der Waals surface area contributed by atoms with E-state index in [1.54, 1.807) is 13.0 Å². The van der Waals surface area contributed by atoms with Crippen LogP contribution in [0.25, 0.3) is 0 Å². The number of nitrogen functional groups attached to an aromatic ring is 1. The number of hydrogen-bond donors (Lipinski definition) is 2. The first-order valence-electron chi connectivity index (χ1n) is 6.33. The summed E-state index contributed by atoms with van der Waals surface area (Å²) in [6.45, 7) is 3.74. The van der Waals surface area contributed by atoms with E-state index in [0.29, 0.717) is 11.3 Å². The van der Waals surface area contributed by atoms with Gasteiger partial charge in [-0.25, -0.2) is 13.1 Å². The molecule has 0 heterocycles. The van der Waals surface area contributed by atoms with Gasteiger partial charge >= 0.3 is 0 Å². The third-order valence-electron chi connectivity index (χ3n) is 3.67. The van der Waals surface area contributed by atoms with E-state index in [4.69, 9.17) is 5.73 Å². The molecule has 1 aliphatic carbocycles. The second-order valence-electron chi connectivity index (χ2n) is 5.51. The van der Waals surface area contributed by atoms with Crippen LogP contribution in [-0.4, -0.2) is 14.0 Å². The van der Waals surface area contributed by atoms with E-state index < -0.39 is 10.0 Å². The molecule has 0 spiro atoms. The molecule has 106 valence electrons. The van der Waals surface area contributed by atoms with E-state index in [-0.39, 0.29) is 10.4 Å². The zero-order chi connectivity index (χ0) is 14.3. The minimum Gasteiger partial charge on any atom is -0.398 e. The number of nitrogens with two attached hydrogens (primary N) is 1. The predicted octanol–water partition coefficient (Wildman–Crippen LogP) is 2.95. The highest BCUT2D eigenvalue weighted by Crippen LogP contribution is 2.32. The lowest BCUT2D eigenvalue weighted by Crippen LogP contribution is -2.43. The fourth-order valence-corrected chi connectivity index (χ4v) is 4.78. The van der Waals surface area contributed by atoms with E-state index in [9.17, 15) is 8.42 Å². The van der Waals surface area contributed by atoms with Gasteiger partial charge in [-0.15, -0.1) is 0 Å². The highest BCUT2D eigenvalue weighted by molar-refractivity contribution is 9.10. The molecular weight excluding hydrogens is 328 g/mol. The fourth-order valence-electron chi connectivity index (χ4n) is 2.59. The monoisotopic (exact) mass is 346 g/mol. The van der Waals surface area contributed by atoms with E-state index in [1.807, 2.05) is 6.92 Å². The average Bonchev–Trinajstić information content (AvgIpc) is 2.68. The van der Waals surface area contributed by atoms with E-state index in [1.165, 1.54) is 6.07 Å². The van der Waals surface area contributed by atoms with Crippen LogP contribution in [0.4, 0.5) is 5.69 Å². The van der Waals surface area contributed by atoms with Gasteiger partial charge in [-0.05, 0) is 60.3 Å². The summed E-state index contributed by atoms with van der Waals surface area (Å²) in [5, 5.41) is 0. The molecule has 0 amide bonds. The first kappa shape index (κ1) is 14.8. The number of aryl methyl sites for hydroxylation is 1. The minimum atomic E-state index is -3.52. The Morgan fingerprint density at radius 3 is 2.47 bits per heavy atom. The molecule has 2 rings (SSSR count). The molecule has 1 saturated carbocycles. The van der Waals surface area contributed by atoms with Gasteiger partial charge < -0.3 is 5.73 Å². The van der Waals surface area contributed by atoms with Crippen molar-refractivity contribution in [2.45, 2.75) is 50.0 Å². The summed E-state index contributed by atoms with van der Waals surface area (Å²) in [6.07, 6.45) is 3.91. The maximum atomic E-state index is 12.5. The molecule has 0 unspecified atom stereocenters. The first-order valence-corrected chi connectivity index (χ1v) is 8.61. The summed E-state index contributed by atoms with van der Waals surface area (Å²) in [5.41, 5.74) is 6.58. The molecule has 0 saturated heterocycles. The zero-order valence-electron chi connectivity index (χ0n) is 11.2. The molecule has 0 bridgehead atoms. The molecule has 6 heteroatoms. The first-order chi connectivity index (χ1) is 8.73. The van der Waals surface area contributed by atoms with Gasteiger partial charge in [-0.1, -0.05) is 12.8 Å². The van der Waals surface area contributed by atoms with Gasteiger partial charge in [0.1, 0.15) is 0 Å². The van der Waals surface area contributed by atoms with Crippen molar-refractivity contribution in [1.82, 2.24) is 4.72 Å². The number of rotatable bonds is 3. The van der Waals surface area contributed by atoms with Crippen molar-refractivity contribution in [3.63, 3.8) is 0 Å². The van der Waals surface area contributed by atoms with E-state index in [0.717, 1.165) is 30.2 Å². The van der Waals surface area contributed by atoms with Crippen LogP contribution in [0.15, 0.2) is 21.5 Å². The third-order valence-corrected chi connectivity index (χ3v) is 6.14. The quantitative estimate of drug-likeness (QED) is 0.826. The Morgan fingerprint density at radius 2 is 1.89 bits per heavy atom. The summed E-state index contributed by atoms with van der Waals surface area (Å²) < 4.78 is 28.5. The number of nitrogens with one attached hydrogen (secondary N) is 1. The van der Waals surface area contributed by atoms with Gasteiger partial charge in [0.05, 0.1) is 4.90 Å².